The Kier molecular flexibility index (Phi) is 6.42. The van der Waals surface area contributed by atoms with E-state index in [0.29, 0.717) is 64.9 Å². The molecule has 0 spiro atoms. The molecule has 2 aromatic carbocycles. The molecule has 2 fully saturated rings. The number of hydrogen-bond acceptors (Lipinski definition) is 7. The van der Waals surface area contributed by atoms with Gasteiger partial charge in [-0.1, -0.05) is 12.1 Å². The summed E-state index contributed by atoms with van der Waals surface area (Å²) in [5.74, 6) is 1.66. The van der Waals surface area contributed by atoms with E-state index in [0.717, 1.165) is 31.5 Å². The van der Waals surface area contributed by atoms with Crippen LogP contribution in [0.25, 0.3) is 11.1 Å². The van der Waals surface area contributed by atoms with Gasteiger partial charge in [-0.05, 0) is 57.7 Å². The molecule has 7 heteroatoms. The highest BCUT2D eigenvalue weighted by molar-refractivity contribution is 6.26. The zero-order chi connectivity index (χ0) is 22.8. The molecule has 2 heterocycles. The minimum Gasteiger partial charge on any atom is -0.496 e. The number of nitrogens with one attached hydrogen (secondary N) is 2. The van der Waals surface area contributed by atoms with Gasteiger partial charge in [-0.3, -0.25) is 4.79 Å². The standard InChI is InChI=1S/C26H33N3O4/c1-31-20-15-21(33-14-10-17-6-4-12-29-17)25(27)24-23(20)22-18(26(24)30)7-2-8-19(22)32-13-9-16-5-3-11-28-16/h2,7-8,15-17,28-29H,3-6,9-14,27H2,1H3. The number of carbonyl (C=O) groups is 1. The van der Waals surface area contributed by atoms with Crippen molar-refractivity contribution < 1.29 is 19.0 Å². The minimum absolute atomic E-state index is 0.110. The van der Waals surface area contributed by atoms with Crippen molar-refractivity contribution in [1.29, 1.82) is 0 Å². The van der Waals surface area contributed by atoms with Crippen molar-refractivity contribution in [3.05, 3.63) is 35.4 Å². The molecule has 5 rings (SSSR count). The molecule has 176 valence electrons. The number of hydrogen-bond donors (Lipinski definition) is 3. The number of ether oxygens (including phenoxy) is 3. The van der Waals surface area contributed by atoms with Crippen LogP contribution in [-0.2, 0) is 0 Å². The SMILES string of the molecule is COc1cc(OCCC2CCCN2)c(N)c2c1-c1c(OCCC3CCCN3)cccc1C2=O. The van der Waals surface area contributed by atoms with Gasteiger partial charge in [-0.15, -0.1) is 0 Å². The van der Waals surface area contributed by atoms with Crippen molar-refractivity contribution in [2.45, 2.75) is 50.6 Å². The van der Waals surface area contributed by atoms with Crippen LogP contribution in [0.5, 0.6) is 17.2 Å². The van der Waals surface area contributed by atoms with Gasteiger partial charge in [0.05, 0.1) is 31.6 Å². The van der Waals surface area contributed by atoms with E-state index in [-0.39, 0.29) is 5.78 Å². The number of rotatable bonds is 9. The van der Waals surface area contributed by atoms with Crippen LogP contribution in [0.15, 0.2) is 24.3 Å². The summed E-state index contributed by atoms with van der Waals surface area (Å²) in [4.78, 5) is 13.4. The zero-order valence-corrected chi connectivity index (χ0v) is 19.2. The molecule has 0 amide bonds. The highest BCUT2D eigenvalue weighted by Crippen LogP contribution is 2.51. The minimum atomic E-state index is -0.110. The van der Waals surface area contributed by atoms with Crippen LogP contribution in [0.2, 0.25) is 0 Å². The largest absolute Gasteiger partial charge is 0.496 e. The Morgan fingerprint density at radius 2 is 1.58 bits per heavy atom. The van der Waals surface area contributed by atoms with Gasteiger partial charge in [-0.25, -0.2) is 0 Å². The lowest BCUT2D eigenvalue weighted by Gasteiger charge is -2.18. The first-order valence-electron chi connectivity index (χ1n) is 12.1. The Morgan fingerprint density at radius 1 is 0.909 bits per heavy atom. The second-order valence-electron chi connectivity index (χ2n) is 9.11. The quantitative estimate of drug-likeness (QED) is 0.429. The van der Waals surface area contributed by atoms with E-state index in [2.05, 4.69) is 10.6 Å². The lowest BCUT2D eigenvalue weighted by atomic mass is 10.0. The smallest absolute Gasteiger partial charge is 0.196 e. The molecule has 1 aliphatic carbocycles. The monoisotopic (exact) mass is 451 g/mol. The van der Waals surface area contributed by atoms with Crippen molar-refractivity contribution >= 4 is 11.5 Å². The fourth-order valence-electron chi connectivity index (χ4n) is 5.28. The first kappa shape index (κ1) is 22.0. The molecule has 33 heavy (non-hydrogen) atoms. The lowest BCUT2D eigenvalue weighted by Crippen LogP contribution is -2.23. The summed E-state index contributed by atoms with van der Waals surface area (Å²) in [5.41, 5.74) is 9.37. The van der Waals surface area contributed by atoms with Crippen LogP contribution in [0.1, 0.15) is 54.4 Å². The highest BCUT2D eigenvalue weighted by Gasteiger charge is 2.36. The molecule has 4 N–H and O–H groups in total. The van der Waals surface area contributed by atoms with Gasteiger partial charge < -0.3 is 30.6 Å². The summed E-state index contributed by atoms with van der Waals surface area (Å²) in [5, 5.41) is 6.97. The molecular formula is C26H33N3O4. The Balaban J connectivity index is 1.40. The molecule has 2 aromatic rings. The average Bonchev–Trinajstić information content (AvgIpc) is 3.58. The summed E-state index contributed by atoms with van der Waals surface area (Å²) < 4.78 is 17.9. The first-order chi connectivity index (χ1) is 16.2. The van der Waals surface area contributed by atoms with E-state index in [9.17, 15) is 4.79 Å². The van der Waals surface area contributed by atoms with Gasteiger partial charge in [0.1, 0.15) is 17.2 Å². The predicted octanol–water partition coefficient (Wildman–Crippen LogP) is 3.53. The first-order valence-corrected chi connectivity index (χ1v) is 12.1. The molecule has 0 aromatic heterocycles. The van der Waals surface area contributed by atoms with Crippen LogP contribution >= 0.6 is 0 Å². The maximum atomic E-state index is 13.4. The van der Waals surface area contributed by atoms with Gasteiger partial charge in [0, 0.05) is 34.8 Å². The molecule has 2 unspecified atom stereocenters. The van der Waals surface area contributed by atoms with Crippen molar-refractivity contribution in [3.63, 3.8) is 0 Å². The molecule has 7 nitrogen and oxygen atoms in total. The molecule has 2 aliphatic heterocycles. The number of ketones is 1. The normalized spacial score (nSPS) is 21.2. The second kappa shape index (κ2) is 9.61. The maximum Gasteiger partial charge on any atom is 0.196 e. The van der Waals surface area contributed by atoms with Crippen molar-refractivity contribution in [1.82, 2.24) is 10.6 Å². The van der Waals surface area contributed by atoms with E-state index in [1.165, 1.54) is 25.7 Å². The summed E-state index contributed by atoms with van der Waals surface area (Å²) in [6.07, 6.45) is 6.60. The molecule has 0 saturated carbocycles. The summed E-state index contributed by atoms with van der Waals surface area (Å²) in [6.45, 7) is 3.26. The number of anilines is 1. The van der Waals surface area contributed by atoms with Crippen LogP contribution in [0.3, 0.4) is 0 Å². The van der Waals surface area contributed by atoms with E-state index in [1.54, 1.807) is 13.2 Å². The number of nitrogen functional groups attached to an aromatic ring is 1. The molecule has 3 aliphatic rings. The Morgan fingerprint density at radius 3 is 2.18 bits per heavy atom. The topological polar surface area (TPSA) is 94.8 Å². The highest BCUT2D eigenvalue weighted by atomic mass is 16.5. The van der Waals surface area contributed by atoms with E-state index >= 15 is 0 Å². The van der Waals surface area contributed by atoms with Crippen LogP contribution in [0, 0.1) is 0 Å². The zero-order valence-electron chi connectivity index (χ0n) is 19.2. The Labute approximate surface area is 195 Å². The Bertz CT molecular complexity index is 1030. The second-order valence-corrected chi connectivity index (χ2v) is 9.11. The third-order valence-electron chi connectivity index (χ3n) is 7.03. The number of carbonyl (C=O) groups excluding carboxylic acids is 1. The third-order valence-corrected chi connectivity index (χ3v) is 7.03. The van der Waals surface area contributed by atoms with E-state index in [1.807, 2.05) is 18.2 Å². The number of methoxy groups -OCH3 is 1. The van der Waals surface area contributed by atoms with Gasteiger partial charge in [0.25, 0.3) is 0 Å². The van der Waals surface area contributed by atoms with Crippen LogP contribution < -0.4 is 30.6 Å². The van der Waals surface area contributed by atoms with E-state index < -0.39 is 0 Å². The van der Waals surface area contributed by atoms with Gasteiger partial charge in [0.15, 0.2) is 5.78 Å². The predicted molar refractivity (Wildman–Crippen MR) is 129 cm³/mol. The number of fused-ring (bicyclic) bond motifs is 3. The molecular weight excluding hydrogens is 418 g/mol. The van der Waals surface area contributed by atoms with Crippen molar-refractivity contribution in [2.24, 2.45) is 0 Å². The molecule has 2 atom stereocenters. The lowest BCUT2D eigenvalue weighted by molar-refractivity contribution is 0.104. The van der Waals surface area contributed by atoms with Crippen molar-refractivity contribution in [2.75, 3.05) is 39.1 Å². The third kappa shape index (κ3) is 4.27. The van der Waals surface area contributed by atoms with Crippen LogP contribution in [0.4, 0.5) is 5.69 Å². The fourth-order valence-corrected chi connectivity index (χ4v) is 5.28. The van der Waals surface area contributed by atoms with Gasteiger partial charge in [0.2, 0.25) is 0 Å². The molecule has 2 saturated heterocycles. The number of benzene rings is 2. The number of nitrogens with two attached hydrogens (primary N) is 1. The van der Waals surface area contributed by atoms with Crippen molar-refractivity contribution in [3.8, 4) is 28.4 Å². The average molecular weight is 452 g/mol. The summed E-state index contributed by atoms with van der Waals surface area (Å²) >= 11 is 0. The van der Waals surface area contributed by atoms with Crippen LogP contribution in [-0.4, -0.2) is 51.3 Å². The van der Waals surface area contributed by atoms with E-state index in [4.69, 9.17) is 19.9 Å². The Hall–Kier alpha value is -2.77. The summed E-state index contributed by atoms with van der Waals surface area (Å²) in [6, 6.07) is 8.39. The molecule has 0 radical (unpaired) electrons. The van der Waals surface area contributed by atoms with Gasteiger partial charge in [-0.2, -0.15) is 0 Å². The van der Waals surface area contributed by atoms with Gasteiger partial charge >= 0.3 is 0 Å². The fraction of sp³-hybridized carbons (Fsp3) is 0.500. The molecule has 0 bridgehead atoms. The maximum absolute atomic E-state index is 13.4. The summed E-state index contributed by atoms with van der Waals surface area (Å²) in [7, 11) is 1.61.